The zero-order chi connectivity index (χ0) is 17.6. The quantitative estimate of drug-likeness (QED) is 0.770. The van der Waals surface area contributed by atoms with Gasteiger partial charge in [0.05, 0.1) is 0 Å². The Kier molecular flexibility index (Phi) is 3.25. The summed E-state index contributed by atoms with van der Waals surface area (Å²) in [4.78, 5) is 17.9. The number of rotatable bonds is 2. The second kappa shape index (κ2) is 5.63. The van der Waals surface area contributed by atoms with Gasteiger partial charge < -0.3 is 15.1 Å². The number of carbonyl (C=O) groups excluding carboxylic acids is 1. The van der Waals surface area contributed by atoms with E-state index in [1.165, 1.54) is 0 Å². The molecule has 3 aromatic rings. The van der Waals surface area contributed by atoms with Gasteiger partial charge in [0.1, 0.15) is 0 Å². The second-order valence-electron chi connectivity index (χ2n) is 6.65. The summed E-state index contributed by atoms with van der Waals surface area (Å²) in [6.45, 7) is 1.56. The maximum Gasteiger partial charge on any atom is 0.276 e. The standard InChI is InChI=1S/C22H19N3O/c26-21-22(19-13-7-8-14-20(19)23-21)24(17-9-3-1-4-10-17)15-16-25(22)18-11-5-2-6-12-18/h1-14H,15-16H2,(H,23,26). The lowest BCUT2D eigenvalue weighted by Gasteiger charge is -2.41. The minimum Gasteiger partial charge on any atom is -0.335 e. The van der Waals surface area contributed by atoms with Gasteiger partial charge in [0.25, 0.3) is 5.91 Å². The van der Waals surface area contributed by atoms with E-state index in [-0.39, 0.29) is 5.91 Å². The zero-order valence-corrected chi connectivity index (χ0v) is 14.3. The topological polar surface area (TPSA) is 35.6 Å². The number of nitrogens with one attached hydrogen (secondary N) is 1. The van der Waals surface area contributed by atoms with E-state index in [1.807, 2.05) is 54.6 Å². The Bertz CT molecular complexity index is 908. The smallest absolute Gasteiger partial charge is 0.276 e. The molecule has 26 heavy (non-hydrogen) atoms. The molecule has 0 radical (unpaired) electrons. The van der Waals surface area contributed by atoms with Crippen molar-refractivity contribution in [1.29, 1.82) is 0 Å². The van der Waals surface area contributed by atoms with Gasteiger partial charge in [0, 0.05) is 35.7 Å². The molecule has 0 aromatic heterocycles. The van der Waals surface area contributed by atoms with Gasteiger partial charge in [-0.25, -0.2) is 0 Å². The number of hydrogen-bond acceptors (Lipinski definition) is 3. The summed E-state index contributed by atoms with van der Waals surface area (Å²) in [6, 6.07) is 28.4. The molecule has 1 N–H and O–H groups in total. The Morgan fingerprint density at radius 1 is 0.692 bits per heavy atom. The van der Waals surface area contributed by atoms with Crippen LogP contribution in [0.2, 0.25) is 0 Å². The summed E-state index contributed by atoms with van der Waals surface area (Å²) in [5.74, 6) is 0.00362. The van der Waals surface area contributed by atoms with E-state index in [2.05, 4.69) is 45.4 Å². The van der Waals surface area contributed by atoms with Crippen LogP contribution in [-0.2, 0) is 10.5 Å². The highest BCUT2D eigenvalue weighted by Gasteiger charge is 2.59. The van der Waals surface area contributed by atoms with Crippen molar-refractivity contribution in [3.8, 4) is 0 Å². The van der Waals surface area contributed by atoms with Gasteiger partial charge in [0.2, 0.25) is 5.66 Å². The van der Waals surface area contributed by atoms with Crippen molar-refractivity contribution >= 4 is 23.0 Å². The third kappa shape index (κ3) is 1.93. The SMILES string of the molecule is O=C1Nc2ccccc2C12N(c1ccccc1)CCN2c1ccccc1. The molecular weight excluding hydrogens is 322 g/mol. The third-order valence-electron chi connectivity index (χ3n) is 5.33. The number of benzene rings is 3. The summed E-state index contributed by atoms with van der Waals surface area (Å²) in [6.07, 6.45) is 0. The monoisotopic (exact) mass is 341 g/mol. The molecule has 1 amide bonds. The molecule has 0 aliphatic carbocycles. The number of anilines is 3. The number of amides is 1. The summed E-state index contributed by atoms with van der Waals surface area (Å²) in [5, 5.41) is 3.11. The molecule has 2 aliphatic rings. The Hall–Kier alpha value is -3.27. The van der Waals surface area contributed by atoms with Gasteiger partial charge >= 0.3 is 0 Å². The molecule has 2 aliphatic heterocycles. The largest absolute Gasteiger partial charge is 0.335 e. The molecule has 4 heteroatoms. The van der Waals surface area contributed by atoms with Crippen LogP contribution < -0.4 is 15.1 Å². The van der Waals surface area contributed by atoms with Gasteiger partial charge in [0.15, 0.2) is 0 Å². The van der Waals surface area contributed by atoms with Crippen LogP contribution in [0.3, 0.4) is 0 Å². The van der Waals surface area contributed by atoms with Gasteiger partial charge in [-0.3, -0.25) is 4.79 Å². The number of nitrogens with zero attached hydrogens (tertiary/aromatic N) is 2. The number of para-hydroxylation sites is 3. The summed E-state index contributed by atoms with van der Waals surface area (Å²) >= 11 is 0. The minimum absolute atomic E-state index is 0.00362. The Balaban J connectivity index is 1.76. The molecule has 0 atom stereocenters. The van der Waals surface area contributed by atoms with Crippen molar-refractivity contribution in [3.63, 3.8) is 0 Å². The first-order chi connectivity index (χ1) is 12.8. The molecule has 128 valence electrons. The van der Waals surface area contributed by atoms with Crippen molar-refractivity contribution in [1.82, 2.24) is 0 Å². The van der Waals surface area contributed by atoms with Crippen LogP contribution in [0.15, 0.2) is 84.9 Å². The van der Waals surface area contributed by atoms with E-state index in [0.717, 1.165) is 35.7 Å². The second-order valence-corrected chi connectivity index (χ2v) is 6.65. The maximum absolute atomic E-state index is 13.4. The van der Waals surface area contributed by atoms with Crippen LogP contribution >= 0.6 is 0 Å². The molecule has 4 nitrogen and oxygen atoms in total. The fraction of sp³-hybridized carbons (Fsp3) is 0.136. The highest BCUT2D eigenvalue weighted by molar-refractivity contribution is 6.10. The number of fused-ring (bicyclic) bond motifs is 2. The molecule has 3 aromatic carbocycles. The van der Waals surface area contributed by atoms with Gasteiger partial charge in [-0.1, -0.05) is 54.6 Å². The average molecular weight is 341 g/mol. The molecule has 1 saturated heterocycles. The molecule has 0 saturated carbocycles. The first-order valence-corrected chi connectivity index (χ1v) is 8.88. The number of hydrogen-bond donors (Lipinski definition) is 1. The maximum atomic E-state index is 13.4. The lowest BCUT2D eigenvalue weighted by atomic mass is 9.97. The molecule has 1 fully saturated rings. The lowest BCUT2D eigenvalue weighted by Crippen LogP contribution is -2.56. The summed E-state index contributed by atoms with van der Waals surface area (Å²) in [5.41, 5.74) is 3.14. The first-order valence-electron chi connectivity index (χ1n) is 8.88. The molecule has 5 rings (SSSR count). The van der Waals surface area contributed by atoms with Crippen LogP contribution in [0.5, 0.6) is 0 Å². The molecule has 0 unspecified atom stereocenters. The van der Waals surface area contributed by atoms with E-state index < -0.39 is 5.66 Å². The van der Waals surface area contributed by atoms with Crippen molar-refractivity contribution < 1.29 is 4.79 Å². The minimum atomic E-state index is -0.862. The van der Waals surface area contributed by atoms with Crippen molar-refractivity contribution in [2.24, 2.45) is 0 Å². The third-order valence-corrected chi connectivity index (χ3v) is 5.33. The average Bonchev–Trinajstić information content (AvgIpc) is 3.23. The number of carbonyl (C=O) groups is 1. The van der Waals surface area contributed by atoms with Crippen LogP contribution in [0.25, 0.3) is 0 Å². The summed E-state index contributed by atoms with van der Waals surface area (Å²) in [7, 11) is 0. The molecule has 2 heterocycles. The highest BCUT2D eigenvalue weighted by atomic mass is 16.2. The van der Waals surface area contributed by atoms with Gasteiger partial charge in [-0.05, 0) is 30.3 Å². The summed E-state index contributed by atoms with van der Waals surface area (Å²) < 4.78 is 0. The van der Waals surface area contributed by atoms with E-state index in [1.54, 1.807) is 0 Å². The zero-order valence-electron chi connectivity index (χ0n) is 14.3. The fourth-order valence-corrected chi connectivity index (χ4v) is 4.28. The predicted molar refractivity (Wildman–Crippen MR) is 104 cm³/mol. The van der Waals surface area contributed by atoms with Crippen molar-refractivity contribution in [3.05, 3.63) is 90.5 Å². The van der Waals surface area contributed by atoms with Crippen LogP contribution in [0.1, 0.15) is 5.56 Å². The van der Waals surface area contributed by atoms with Crippen molar-refractivity contribution in [2.45, 2.75) is 5.66 Å². The van der Waals surface area contributed by atoms with E-state index in [4.69, 9.17) is 0 Å². The van der Waals surface area contributed by atoms with E-state index in [0.29, 0.717) is 0 Å². The molecule has 0 bridgehead atoms. The van der Waals surface area contributed by atoms with Crippen LogP contribution in [0.4, 0.5) is 17.1 Å². The predicted octanol–water partition coefficient (Wildman–Crippen LogP) is 3.82. The highest BCUT2D eigenvalue weighted by Crippen LogP contribution is 2.49. The van der Waals surface area contributed by atoms with Gasteiger partial charge in [-0.2, -0.15) is 0 Å². The van der Waals surface area contributed by atoms with E-state index >= 15 is 0 Å². The Morgan fingerprint density at radius 2 is 1.19 bits per heavy atom. The normalized spacial score (nSPS) is 17.5. The van der Waals surface area contributed by atoms with Gasteiger partial charge in [-0.15, -0.1) is 0 Å². The Morgan fingerprint density at radius 3 is 1.77 bits per heavy atom. The lowest BCUT2D eigenvalue weighted by molar-refractivity contribution is -0.120. The van der Waals surface area contributed by atoms with E-state index in [9.17, 15) is 4.79 Å². The molecular formula is C22H19N3O. The Labute approximate surface area is 152 Å². The van der Waals surface area contributed by atoms with Crippen molar-refractivity contribution in [2.75, 3.05) is 28.2 Å². The first kappa shape index (κ1) is 15.0. The van der Waals surface area contributed by atoms with Crippen LogP contribution in [-0.4, -0.2) is 19.0 Å². The van der Waals surface area contributed by atoms with Crippen LogP contribution in [0, 0.1) is 0 Å². The fourth-order valence-electron chi connectivity index (χ4n) is 4.28. The molecule has 1 spiro atoms.